The molecule has 0 spiro atoms. The molecule has 110 valence electrons. The van der Waals surface area contributed by atoms with E-state index in [-0.39, 0.29) is 5.91 Å². The van der Waals surface area contributed by atoms with Crippen LogP contribution in [0.4, 0.5) is 5.82 Å². The molecular weight excluding hydrogens is 250 g/mol. The number of carbonyl (C=O) groups is 1. The van der Waals surface area contributed by atoms with Gasteiger partial charge in [0.15, 0.2) is 0 Å². The van der Waals surface area contributed by atoms with Crippen molar-refractivity contribution in [3.63, 3.8) is 0 Å². The number of nitrogens with zero attached hydrogens (tertiary/aromatic N) is 1. The largest absolute Gasteiger partial charge is 0.373 e. The van der Waals surface area contributed by atoms with E-state index in [1.165, 1.54) is 25.7 Å². The summed E-state index contributed by atoms with van der Waals surface area (Å²) in [6.07, 6.45) is 5.05. The second kappa shape index (κ2) is 6.73. The van der Waals surface area contributed by atoms with E-state index in [1.807, 2.05) is 20.0 Å². The first kappa shape index (κ1) is 14.8. The van der Waals surface area contributed by atoms with Crippen molar-refractivity contribution in [1.82, 2.24) is 10.3 Å². The highest BCUT2D eigenvalue weighted by Crippen LogP contribution is 2.27. The van der Waals surface area contributed by atoms with Crippen LogP contribution in [0.2, 0.25) is 0 Å². The number of hydrogen-bond donors (Lipinski definition) is 2. The van der Waals surface area contributed by atoms with Crippen molar-refractivity contribution in [2.24, 2.45) is 11.8 Å². The van der Waals surface area contributed by atoms with Gasteiger partial charge in [0.25, 0.3) is 5.91 Å². The molecule has 0 saturated heterocycles. The monoisotopic (exact) mass is 275 g/mol. The van der Waals surface area contributed by atoms with Crippen LogP contribution in [0.1, 0.15) is 48.7 Å². The maximum Gasteiger partial charge on any atom is 0.251 e. The predicted molar refractivity (Wildman–Crippen MR) is 82.0 cm³/mol. The van der Waals surface area contributed by atoms with E-state index in [1.54, 1.807) is 6.07 Å². The number of amides is 1. The summed E-state index contributed by atoms with van der Waals surface area (Å²) in [7, 11) is 1.81. The topological polar surface area (TPSA) is 54.0 Å². The van der Waals surface area contributed by atoms with Crippen LogP contribution in [0, 0.1) is 18.8 Å². The van der Waals surface area contributed by atoms with Crippen molar-refractivity contribution in [2.45, 2.75) is 39.5 Å². The second-order valence-corrected chi connectivity index (χ2v) is 5.97. The molecule has 1 aromatic heterocycles. The number of pyridine rings is 1. The minimum absolute atomic E-state index is 0.00521. The highest BCUT2D eigenvalue weighted by molar-refractivity contribution is 5.95. The highest BCUT2D eigenvalue weighted by Gasteiger charge is 2.19. The molecule has 2 rings (SSSR count). The molecule has 4 nitrogen and oxygen atoms in total. The molecule has 0 radical (unpaired) electrons. The van der Waals surface area contributed by atoms with Gasteiger partial charge in [-0.2, -0.15) is 0 Å². The molecular formula is C16H25N3O. The zero-order valence-corrected chi connectivity index (χ0v) is 12.7. The van der Waals surface area contributed by atoms with Gasteiger partial charge in [-0.15, -0.1) is 0 Å². The SMILES string of the molecule is CNc1cc(C(=O)NCC2CCC(C)CC2)cc(C)n1. The minimum Gasteiger partial charge on any atom is -0.373 e. The molecule has 1 aliphatic rings. The summed E-state index contributed by atoms with van der Waals surface area (Å²) >= 11 is 0. The van der Waals surface area contributed by atoms with Gasteiger partial charge in [0.1, 0.15) is 5.82 Å². The van der Waals surface area contributed by atoms with Crippen LogP contribution in [-0.4, -0.2) is 24.5 Å². The summed E-state index contributed by atoms with van der Waals surface area (Å²) in [5, 5.41) is 6.05. The molecule has 0 unspecified atom stereocenters. The van der Waals surface area contributed by atoms with Crippen molar-refractivity contribution in [2.75, 3.05) is 18.9 Å². The molecule has 1 aliphatic carbocycles. The normalized spacial score (nSPS) is 22.4. The summed E-state index contributed by atoms with van der Waals surface area (Å²) < 4.78 is 0. The van der Waals surface area contributed by atoms with Gasteiger partial charge in [-0.05, 0) is 43.7 Å². The van der Waals surface area contributed by atoms with Crippen LogP contribution in [0.25, 0.3) is 0 Å². The third-order valence-electron chi connectivity index (χ3n) is 4.16. The van der Waals surface area contributed by atoms with Gasteiger partial charge in [0.2, 0.25) is 0 Å². The molecule has 0 aromatic carbocycles. The van der Waals surface area contributed by atoms with Crippen LogP contribution in [0.15, 0.2) is 12.1 Å². The Balaban J connectivity index is 1.90. The molecule has 2 N–H and O–H groups in total. The van der Waals surface area contributed by atoms with Gasteiger partial charge in [0.05, 0.1) is 0 Å². The van der Waals surface area contributed by atoms with Crippen molar-refractivity contribution in [3.8, 4) is 0 Å². The van der Waals surface area contributed by atoms with Gasteiger partial charge in [0, 0.05) is 24.8 Å². The Hall–Kier alpha value is -1.58. The van der Waals surface area contributed by atoms with Crippen LogP contribution >= 0.6 is 0 Å². The Morgan fingerprint density at radius 2 is 2.00 bits per heavy atom. The molecule has 0 atom stereocenters. The van der Waals surface area contributed by atoms with E-state index in [0.717, 1.165) is 24.0 Å². The van der Waals surface area contributed by atoms with Crippen LogP contribution in [0.3, 0.4) is 0 Å². The molecule has 20 heavy (non-hydrogen) atoms. The smallest absolute Gasteiger partial charge is 0.251 e. The van der Waals surface area contributed by atoms with Gasteiger partial charge in [-0.1, -0.05) is 19.8 Å². The molecule has 1 amide bonds. The fourth-order valence-corrected chi connectivity index (χ4v) is 2.80. The summed E-state index contributed by atoms with van der Waals surface area (Å²) in [6, 6.07) is 3.63. The summed E-state index contributed by atoms with van der Waals surface area (Å²) in [5.74, 6) is 2.23. The van der Waals surface area contributed by atoms with Crippen LogP contribution < -0.4 is 10.6 Å². The van der Waals surface area contributed by atoms with E-state index >= 15 is 0 Å². The number of aryl methyl sites for hydroxylation is 1. The molecule has 0 aliphatic heterocycles. The number of carbonyl (C=O) groups excluding carboxylic acids is 1. The fraction of sp³-hybridized carbons (Fsp3) is 0.625. The van der Waals surface area contributed by atoms with Gasteiger partial charge >= 0.3 is 0 Å². The first-order valence-electron chi connectivity index (χ1n) is 7.53. The van der Waals surface area contributed by atoms with Crippen molar-refractivity contribution in [3.05, 3.63) is 23.4 Å². The molecule has 1 fully saturated rings. The molecule has 4 heteroatoms. The van der Waals surface area contributed by atoms with Gasteiger partial charge in [-0.25, -0.2) is 4.98 Å². The molecule has 1 heterocycles. The van der Waals surface area contributed by atoms with E-state index in [9.17, 15) is 4.79 Å². The van der Waals surface area contributed by atoms with Crippen molar-refractivity contribution in [1.29, 1.82) is 0 Å². The lowest BCUT2D eigenvalue weighted by Gasteiger charge is -2.26. The third kappa shape index (κ3) is 3.95. The van der Waals surface area contributed by atoms with E-state index in [0.29, 0.717) is 11.5 Å². The first-order valence-corrected chi connectivity index (χ1v) is 7.53. The second-order valence-electron chi connectivity index (χ2n) is 5.97. The lowest BCUT2D eigenvalue weighted by Crippen LogP contribution is -2.31. The highest BCUT2D eigenvalue weighted by atomic mass is 16.1. The number of anilines is 1. The van der Waals surface area contributed by atoms with E-state index in [4.69, 9.17) is 0 Å². The first-order chi connectivity index (χ1) is 9.58. The predicted octanol–water partition coefficient (Wildman–Crippen LogP) is 2.99. The Morgan fingerprint density at radius 1 is 1.30 bits per heavy atom. The average molecular weight is 275 g/mol. The van der Waals surface area contributed by atoms with Crippen molar-refractivity contribution < 1.29 is 4.79 Å². The number of aromatic nitrogens is 1. The fourth-order valence-electron chi connectivity index (χ4n) is 2.80. The number of hydrogen-bond acceptors (Lipinski definition) is 3. The van der Waals surface area contributed by atoms with Crippen molar-refractivity contribution >= 4 is 11.7 Å². The maximum atomic E-state index is 12.2. The molecule has 0 bridgehead atoms. The Bertz CT molecular complexity index is 465. The lowest BCUT2D eigenvalue weighted by molar-refractivity contribution is 0.0941. The standard InChI is InChI=1S/C16H25N3O/c1-11-4-6-13(7-5-11)10-18-16(20)14-8-12(2)19-15(9-14)17-3/h8-9,11,13H,4-7,10H2,1-3H3,(H,17,19)(H,18,20). The Kier molecular flexibility index (Phi) is 4.99. The molecule has 1 aromatic rings. The van der Waals surface area contributed by atoms with E-state index in [2.05, 4.69) is 22.5 Å². The Morgan fingerprint density at radius 3 is 2.65 bits per heavy atom. The average Bonchev–Trinajstić information content (AvgIpc) is 2.45. The summed E-state index contributed by atoms with van der Waals surface area (Å²) in [5.41, 5.74) is 1.54. The van der Waals surface area contributed by atoms with Gasteiger partial charge < -0.3 is 10.6 Å². The number of rotatable bonds is 4. The minimum atomic E-state index is 0.00521. The third-order valence-corrected chi connectivity index (χ3v) is 4.16. The van der Waals surface area contributed by atoms with Gasteiger partial charge in [-0.3, -0.25) is 4.79 Å². The van der Waals surface area contributed by atoms with Crippen LogP contribution in [0.5, 0.6) is 0 Å². The maximum absolute atomic E-state index is 12.2. The lowest BCUT2D eigenvalue weighted by atomic mass is 9.83. The van der Waals surface area contributed by atoms with Crippen LogP contribution in [-0.2, 0) is 0 Å². The zero-order chi connectivity index (χ0) is 14.5. The summed E-state index contributed by atoms with van der Waals surface area (Å²) in [4.78, 5) is 16.5. The quantitative estimate of drug-likeness (QED) is 0.888. The van der Waals surface area contributed by atoms with E-state index < -0.39 is 0 Å². The summed E-state index contributed by atoms with van der Waals surface area (Å²) in [6.45, 7) is 5.01. The molecule has 1 saturated carbocycles. The Labute approximate surface area is 121 Å². The zero-order valence-electron chi connectivity index (χ0n) is 12.7. The number of nitrogens with one attached hydrogen (secondary N) is 2.